The molecule has 0 spiro atoms. The first-order valence-electron chi connectivity index (χ1n) is 6.86. The first-order chi connectivity index (χ1) is 10.7. The molecule has 0 amide bonds. The van der Waals surface area contributed by atoms with Gasteiger partial charge in [0.05, 0.1) is 5.69 Å². The van der Waals surface area contributed by atoms with Gasteiger partial charge in [-0.3, -0.25) is 0 Å². The number of nitrogens with zero attached hydrogens (tertiary/aromatic N) is 2. The highest BCUT2D eigenvalue weighted by Crippen LogP contribution is 2.41. The van der Waals surface area contributed by atoms with E-state index in [2.05, 4.69) is 9.97 Å². The molecule has 3 nitrogen and oxygen atoms in total. The highest BCUT2D eigenvalue weighted by molar-refractivity contribution is 7.99. The molecule has 1 atom stereocenters. The lowest BCUT2D eigenvalue weighted by molar-refractivity contribution is -0.137. The van der Waals surface area contributed by atoms with Crippen LogP contribution in [-0.2, 0) is 6.18 Å². The Morgan fingerprint density at radius 2 is 2.00 bits per heavy atom. The summed E-state index contributed by atoms with van der Waals surface area (Å²) in [7, 11) is 0. The highest BCUT2D eigenvalue weighted by atomic mass is 35.5. The van der Waals surface area contributed by atoms with Crippen molar-refractivity contribution >= 4 is 29.3 Å². The van der Waals surface area contributed by atoms with E-state index in [0.29, 0.717) is 5.56 Å². The minimum absolute atomic E-state index is 0.156. The van der Waals surface area contributed by atoms with Crippen LogP contribution in [0.4, 0.5) is 19.1 Å². The third kappa shape index (κ3) is 4.09. The van der Waals surface area contributed by atoms with Crippen molar-refractivity contribution in [1.82, 2.24) is 9.97 Å². The maximum Gasteiger partial charge on any atom is 0.421 e. The highest BCUT2D eigenvalue weighted by Gasteiger charge is 2.38. The van der Waals surface area contributed by atoms with E-state index in [1.54, 1.807) is 30.0 Å². The molecule has 124 valence electrons. The minimum atomic E-state index is -4.67. The van der Waals surface area contributed by atoms with E-state index >= 15 is 0 Å². The zero-order valence-corrected chi connectivity index (χ0v) is 14.1. The van der Waals surface area contributed by atoms with Gasteiger partial charge < -0.3 is 5.73 Å². The van der Waals surface area contributed by atoms with Crippen molar-refractivity contribution in [3.05, 3.63) is 40.5 Å². The number of anilines is 1. The van der Waals surface area contributed by atoms with Crippen LogP contribution in [0.15, 0.2) is 24.3 Å². The van der Waals surface area contributed by atoms with Crippen molar-refractivity contribution in [2.45, 2.75) is 25.3 Å². The Labute approximate surface area is 141 Å². The number of hydrogen-bond donors (Lipinski definition) is 1. The lowest BCUT2D eigenvalue weighted by atomic mass is 10.0. The van der Waals surface area contributed by atoms with Crippen molar-refractivity contribution in [3.8, 4) is 11.3 Å². The molecule has 0 aliphatic heterocycles. The third-order valence-electron chi connectivity index (χ3n) is 3.21. The van der Waals surface area contributed by atoms with Crippen LogP contribution in [0, 0.1) is 0 Å². The van der Waals surface area contributed by atoms with Gasteiger partial charge in [0, 0.05) is 10.8 Å². The van der Waals surface area contributed by atoms with Gasteiger partial charge in [0.2, 0.25) is 5.95 Å². The van der Waals surface area contributed by atoms with Crippen LogP contribution in [0.3, 0.4) is 0 Å². The Balaban J connectivity index is 2.60. The Morgan fingerprint density at radius 1 is 1.30 bits per heavy atom. The largest absolute Gasteiger partial charge is 0.421 e. The number of alkyl halides is 3. The molecule has 0 radical (unpaired) electrons. The average molecular weight is 362 g/mol. The molecule has 2 aromatic rings. The number of nitrogens with two attached hydrogens (primary N) is 1. The molecule has 8 heteroatoms. The molecule has 23 heavy (non-hydrogen) atoms. The van der Waals surface area contributed by atoms with Crippen molar-refractivity contribution in [2.24, 2.45) is 0 Å². The van der Waals surface area contributed by atoms with Crippen molar-refractivity contribution < 1.29 is 13.2 Å². The maximum absolute atomic E-state index is 13.3. The molecule has 2 N–H and O–H groups in total. The summed E-state index contributed by atoms with van der Waals surface area (Å²) in [6.45, 7) is 4.02. The monoisotopic (exact) mass is 361 g/mol. The molecule has 0 saturated heterocycles. The number of halogens is 4. The van der Waals surface area contributed by atoms with Crippen LogP contribution in [0.5, 0.6) is 0 Å². The van der Waals surface area contributed by atoms with Crippen molar-refractivity contribution in [3.63, 3.8) is 0 Å². The quantitative estimate of drug-likeness (QED) is 0.759. The van der Waals surface area contributed by atoms with Gasteiger partial charge in [0.1, 0.15) is 10.7 Å². The van der Waals surface area contributed by atoms with Crippen LogP contribution in [0.2, 0.25) is 5.15 Å². The van der Waals surface area contributed by atoms with E-state index in [9.17, 15) is 13.2 Å². The van der Waals surface area contributed by atoms with E-state index in [-0.39, 0.29) is 16.9 Å². The summed E-state index contributed by atoms with van der Waals surface area (Å²) >= 11 is 7.36. The molecular formula is C15H15ClF3N3S. The second-order valence-corrected chi connectivity index (χ2v) is 6.79. The van der Waals surface area contributed by atoms with Crippen LogP contribution < -0.4 is 5.73 Å². The van der Waals surface area contributed by atoms with Gasteiger partial charge in [-0.2, -0.15) is 24.9 Å². The number of hydrogen-bond acceptors (Lipinski definition) is 4. The summed E-state index contributed by atoms with van der Waals surface area (Å²) in [4.78, 5) is 7.19. The van der Waals surface area contributed by atoms with Gasteiger partial charge in [-0.25, -0.2) is 9.97 Å². The fourth-order valence-electron chi connectivity index (χ4n) is 2.19. The first-order valence-corrected chi connectivity index (χ1v) is 8.28. The average Bonchev–Trinajstić information content (AvgIpc) is 2.45. The molecule has 1 heterocycles. The van der Waals surface area contributed by atoms with Gasteiger partial charge in [0.15, 0.2) is 0 Å². The Hall–Kier alpha value is -1.47. The summed E-state index contributed by atoms with van der Waals surface area (Å²) in [5.74, 6) is 0.616. The van der Waals surface area contributed by atoms with Gasteiger partial charge in [-0.15, -0.1) is 0 Å². The van der Waals surface area contributed by atoms with Gasteiger partial charge in [-0.05, 0) is 24.3 Å². The molecule has 2 rings (SSSR count). The van der Waals surface area contributed by atoms with E-state index in [1.807, 2.05) is 19.9 Å². The Morgan fingerprint density at radius 3 is 2.61 bits per heavy atom. The standard InChI is InChI=1S/C15H15ClF3N3S/c1-3-23-8(2)9-5-4-6-10(7-9)12-11(15(17,18)19)13(16)22-14(20)21-12/h4-8H,3H2,1-2H3,(H2,20,21,22). The zero-order valence-electron chi connectivity index (χ0n) is 12.5. The molecule has 1 aromatic heterocycles. The number of nitrogen functional groups attached to an aromatic ring is 1. The molecule has 0 aliphatic rings. The van der Waals surface area contributed by atoms with E-state index in [0.717, 1.165) is 11.3 Å². The molecular weight excluding hydrogens is 347 g/mol. The number of aromatic nitrogens is 2. The van der Waals surface area contributed by atoms with Gasteiger partial charge in [0.25, 0.3) is 0 Å². The summed E-state index contributed by atoms with van der Waals surface area (Å²) < 4.78 is 39.9. The second-order valence-electron chi connectivity index (χ2n) is 4.82. The molecule has 0 bridgehead atoms. The summed E-state index contributed by atoms with van der Waals surface area (Å²) in [6, 6.07) is 6.81. The second kappa shape index (κ2) is 6.97. The molecule has 1 unspecified atom stereocenters. The predicted octanol–water partition coefficient (Wildman–Crippen LogP) is 5.21. The Kier molecular flexibility index (Phi) is 5.41. The van der Waals surface area contributed by atoms with Crippen LogP contribution in [-0.4, -0.2) is 15.7 Å². The third-order valence-corrected chi connectivity index (χ3v) is 4.59. The normalized spacial score (nSPS) is 13.1. The van der Waals surface area contributed by atoms with Gasteiger partial charge in [-0.1, -0.05) is 36.7 Å². The number of benzene rings is 1. The molecule has 0 aliphatic carbocycles. The maximum atomic E-state index is 13.3. The van der Waals surface area contributed by atoms with Crippen molar-refractivity contribution in [2.75, 3.05) is 11.5 Å². The predicted molar refractivity (Wildman–Crippen MR) is 88.4 cm³/mol. The molecule has 1 aromatic carbocycles. The van der Waals surface area contributed by atoms with Crippen LogP contribution in [0.1, 0.15) is 30.2 Å². The molecule has 0 fully saturated rings. The van der Waals surface area contributed by atoms with E-state index < -0.39 is 16.9 Å². The topological polar surface area (TPSA) is 51.8 Å². The van der Waals surface area contributed by atoms with E-state index in [4.69, 9.17) is 17.3 Å². The molecule has 0 saturated carbocycles. The van der Waals surface area contributed by atoms with Crippen molar-refractivity contribution in [1.29, 1.82) is 0 Å². The zero-order chi connectivity index (χ0) is 17.2. The summed E-state index contributed by atoms with van der Waals surface area (Å²) in [6.07, 6.45) is -4.67. The minimum Gasteiger partial charge on any atom is -0.368 e. The van der Waals surface area contributed by atoms with E-state index in [1.165, 1.54) is 0 Å². The SMILES string of the molecule is CCSC(C)c1cccc(-c2nc(N)nc(Cl)c2C(F)(F)F)c1. The fraction of sp³-hybridized carbons (Fsp3) is 0.333. The number of thioether (sulfide) groups is 1. The lowest BCUT2D eigenvalue weighted by Gasteiger charge is -2.16. The lowest BCUT2D eigenvalue weighted by Crippen LogP contribution is -2.12. The summed E-state index contributed by atoms with van der Waals surface area (Å²) in [5, 5.41) is -0.537. The van der Waals surface area contributed by atoms with Crippen LogP contribution in [0.25, 0.3) is 11.3 Å². The van der Waals surface area contributed by atoms with Gasteiger partial charge >= 0.3 is 6.18 Å². The smallest absolute Gasteiger partial charge is 0.368 e. The number of rotatable bonds is 4. The first kappa shape index (κ1) is 17.9. The fourth-order valence-corrected chi connectivity index (χ4v) is 3.32. The Bertz CT molecular complexity index is 707. The summed E-state index contributed by atoms with van der Waals surface area (Å²) in [5.41, 5.74) is 5.33. The van der Waals surface area contributed by atoms with Crippen LogP contribution >= 0.6 is 23.4 Å².